The van der Waals surface area contributed by atoms with Crippen molar-refractivity contribution in [3.8, 4) is 6.07 Å². The summed E-state index contributed by atoms with van der Waals surface area (Å²) in [6.07, 6.45) is 0.599. The monoisotopic (exact) mass is 282 g/mol. The van der Waals surface area contributed by atoms with E-state index in [-0.39, 0.29) is 0 Å². The lowest BCUT2D eigenvalue weighted by molar-refractivity contribution is -0.105. The van der Waals surface area contributed by atoms with Crippen LogP contribution in [0.4, 0.5) is 5.69 Å². The third kappa shape index (κ3) is 5.17. The van der Waals surface area contributed by atoms with Gasteiger partial charge in [-0.2, -0.15) is 5.26 Å². The lowest BCUT2D eigenvalue weighted by atomic mass is 10.1. The van der Waals surface area contributed by atoms with Crippen LogP contribution in [0.15, 0.2) is 48.5 Å². The molecule has 0 atom stereocenters. The van der Waals surface area contributed by atoms with E-state index in [1.54, 1.807) is 49.4 Å². The molecule has 2 aromatic carbocycles. The number of aromatic carboxylic acids is 1. The number of benzene rings is 2. The number of hydrogen-bond acceptors (Lipinski definition) is 3. The minimum atomic E-state index is -0.863. The second-order valence-electron chi connectivity index (χ2n) is 4.07. The van der Waals surface area contributed by atoms with Crippen LogP contribution >= 0.6 is 0 Å². The van der Waals surface area contributed by atoms with Crippen molar-refractivity contribution in [1.29, 1.82) is 5.26 Å². The highest BCUT2D eigenvalue weighted by atomic mass is 16.4. The first-order chi connectivity index (χ1) is 10.1. The molecule has 0 spiro atoms. The lowest BCUT2D eigenvalue weighted by Crippen LogP contribution is -1.97. The third-order valence-corrected chi connectivity index (χ3v) is 2.62. The Morgan fingerprint density at radius 2 is 1.81 bits per heavy atom. The van der Waals surface area contributed by atoms with Gasteiger partial charge in [-0.25, -0.2) is 4.79 Å². The lowest BCUT2D eigenvalue weighted by Gasteiger charge is -1.96. The molecule has 5 heteroatoms. The number of nitrogens with one attached hydrogen (secondary N) is 1. The first-order valence-corrected chi connectivity index (χ1v) is 6.07. The molecule has 2 N–H and O–H groups in total. The molecule has 0 saturated heterocycles. The van der Waals surface area contributed by atoms with Crippen LogP contribution in [0.3, 0.4) is 0 Å². The van der Waals surface area contributed by atoms with Gasteiger partial charge in [-0.05, 0) is 42.8 Å². The molecule has 2 rings (SSSR count). The zero-order chi connectivity index (χ0) is 15.7. The Kier molecular flexibility index (Phi) is 6.16. The molecule has 1 amide bonds. The number of carbonyl (C=O) groups excluding carboxylic acids is 1. The fourth-order valence-electron chi connectivity index (χ4n) is 1.52. The molecule has 0 aromatic heterocycles. The van der Waals surface area contributed by atoms with Crippen LogP contribution in [0, 0.1) is 18.3 Å². The predicted molar refractivity (Wildman–Crippen MR) is 79.0 cm³/mol. The summed E-state index contributed by atoms with van der Waals surface area (Å²) in [6, 6.07) is 15.5. The molecule has 0 fully saturated rings. The second kappa shape index (κ2) is 8.12. The SMILES string of the molecule is Cc1ccccc1C(=O)O.N#Cc1ccc(NC=O)cc1. The summed E-state index contributed by atoms with van der Waals surface area (Å²) in [5.41, 5.74) is 2.46. The Hall–Kier alpha value is -3.13. The van der Waals surface area contributed by atoms with Crippen LogP contribution in [0.2, 0.25) is 0 Å². The average Bonchev–Trinajstić information content (AvgIpc) is 2.49. The zero-order valence-electron chi connectivity index (χ0n) is 11.4. The summed E-state index contributed by atoms with van der Waals surface area (Å²) in [7, 11) is 0. The fourth-order valence-corrected chi connectivity index (χ4v) is 1.52. The minimum absolute atomic E-state index is 0.377. The number of anilines is 1. The van der Waals surface area contributed by atoms with E-state index in [9.17, 15) is 9.59 Å². The number of rotatable bonds is 3. The highest BCUT2D eigenvalue weighted by Crippen LogP contribution is 2.07. The molecule has 0 bridgehead atoms. The van der Waals surface area contributed by atoms with Crippen LogP contribution in [0.5, 0.6) is 0 Å². The Morgan fingerprint density at radius 3 is 2.24 bits per heavy atom. The fraction of sp³-hybridized carbons (Fsp3) is 0.0625. The van der Waals surface area contributed by atoms with E-state index in [1.807, 2.05) is 12.1 Å². The summed E-state index contributed by atoms with van der Waals surface area (Å²) in [5.74, 6) is -0.863. The van der Waals surface area contributed by atoms with Gasteiger partial charge < -0.3 is 10.4 Å². The Bertz CT molecular complexity index is 658. The van der Waals surface area contributed by atoms with Crippen molar-refractivity contribution in [2.75, 3.05) is 5.32 Å². The van der Waals surface area contributed by atoms with E-state index in [0.29, 0.717) is 23.2 Å². The van der Waals surface area contributed by atoms with E-state index in [2.05, 4.69) is 5.32 Å². The molecule has 106 valence electrons. The van der Waals surface area contributed by atoms with Gasteiger partial charge in [0.05, 0.1) is 17.2 Å². The predicted octanol–water partition coefficient (Wildman–Crippen LogP) is 2.82. The molecular weight excluding hydrogens is 268 g/mol. The molecule has 21 heavy (non-hydrogen) atoms. The Balaban J connectivity index is 0.000000211. The number of hydrogen-bond donors (Lipinski definition) is 2. The van der Waals surface area contributed by atoms with Crippen molar-refractivity contribution in [1.82, 2.24) is 0 Å². The Labute approximate surface area is 122 Å². The topological polar surface area (TPSA) is 90.2 Å². The highest BCUT2D eigenvalue weighted by Gasteiger charge is 2.02. The van der Waals surface area contributed by atoms with Gasteiger partial charge in [0, 0.05) is 5.69 Å². The quantitative estimate of drug-likeness (QED) is 0.847. The van der Waals surface area contributed by atoms with Crippen molar-refractivity contribution in [3.05, 3.63) is 65.2 Å². The van der Waals surface area contributed by atoms with Gasteiger partial charge >= 0.3 is 5.97 Å². The third-order valence-electron chi connectivity index (χ3n) is 2.62. The number of carboxylic acid groups (broad SMARTS) is 1. The molecule has 0 unspecified atom stereocenters. The van der Waals surface area contributed by atoms with E-state index in [0.717, 1.165) is 5.56 Å². The highest BCUT2D eigenvalue weighted by molar-refractivity contribution is 5.89. The van der Waals surface area contributed by atoms with Crippen molar-refractivity contribution < 1.29 is 14.7 Å². The summed E-state index contributed by atoms with van der Waals surface area (Å²) < 4.78 is 0. The van der Waals surface area contributed by atoms with E-state index in [1.165, 1.54) is 0 Å². The van der Waals surface area contributed by atoms with Crippen molar-refractivity contribution >= 4 is 18.1 Å². The molecule has 0 aliphatic heterocycles. The molecule has 0 aliphatic carbocycles. The smallest absolute Gasteiger partial charge is 0.335 e. The maximum Gasteiger partial charge on any atom is 0.335 e. The zero-order valence-corrected chi connectivity index (χ0v) is 11.4. The molecule has 0 heterocycles. The molecule has 0 saturated carbocycles. The first kappa shape index (κ1) is 15.9. The van der Waals surface area contributed by atoms with Gasteiger partial charge in [0.1, 0.15) is 0 Å². The standard InChI is InChI=1S/C8H6N2O.C8H8O2/c9-5-7-1-3-8(4-2-7)10-6-11;1-6-4-2-3-5-7(6)8(9)10/h1-4,6H,(H,10,11);2-5H,1H3,(H,9,10). The van der Waals surface area contributed by atoms with E-state index < -0.39 is 5.97 Å². The second-order valence-corrected chi connectivity index (χ2v) is 4.07. The Morgan fingerprint density at radius 1 is 1.19 bits per heavy atom. The number of aryl methyl sites for hydroxylation is 1. The van der Waals surface area contributed by atoms with Gasteiger partial charge in [0.25, 0.3) is 0 Å². The number of amides is 1. The normalized spacial score (nSPS) is 8.76. The van der Waals surface area contributed by atoms with E-state index >= 15 is 0 Å². The van der Waals surface area contributed by atoms with Crippen molar-refractivity contribution in [3.63, 3.8) is 0 Å². The van der Waals surface area contributed by atoms with Crippen LogP contribution in [-0.2, 0) is 4.79 Å². The van der Waals surface area contributed by atoms with Crippen LogP contribution < -0.4 is 5.32 Å². The summed E-state index contributed by atoms with van der Waals surface area (Å²) in [5, 5.41) is 19.5. The average molecular weight is 282 g/mol. The largest absolute Gasteiger partial charge is 0.478 e. The number of carbonyl (C=O) groups is 2. The van der Waals surface area contributed by atoms with Crippen molar-refractivity contribution in [2.45, 2.75) is 6.92 Å². The van der Waals surface area contributed by atoms with Crippen LogP contribution in [-0.4, -0.2) is 17.5 Å². The number of carboxylic acids is 1. The maximum absolute atomic E-state index is 10.4. The van der Waals surface area contributed by atoms with Gasteiger partial charge in [-0.3, -0.25) is 4.79 Å². The summed E-state index contributed by atoms with van der Waals surface area (Å²) in [6.45, 7) is 1.78. The number of nitriles is 1. The molecule has 0 radical (unpaired) electrons. The summed E-state index contributed by atoms with van der Waals surface area (Å²) in [4.78, 5) is 20.4. The minimum Gasteiger partial charge on any atom is -0.478 e. The van der Waals surface area contributed by atoms with Gasteiger partial charge in [0.2, 0.25) is 6.41 Å². The maximum atomic E-state index is 10.4. The van der Waals surface area contributed by atoms with Gasteiger partial charge in [-0.15, -0.1) is 0 Å². The van der Waals surface area contributed by atoms with E-state index in [4.69, 9.17) is 10.4 Å². The summed E-state index contributed by atoms with van der Waals surface area (Å²) >= 11 is 0. The molecular formula is C16H14N2O3. The van der Waals surface area contributed by atoms with Crippen molar-refractivity contribution in [2.24, 2.45) is 0 Å². The van der Waals surface area contributed by atoms with Crippen LogP contribution in [0.25, 0.3) is 0 Å². The molecule has 0 aliphatic rings. The van der Waals surface area contributed by atoms with Crippen LogP contribution in [0.1, 0.15) is 21.5 Å². The number of nitrogens with zero attached hydrogens (tertiary/aromatic N) is 1. The molecule has 2 aromatic rings. The van der Waals surface area contributed by atoms with Gasteiger partial charge in [-0.1, -0.05) is 18.2 Å². The molecule has 5 nitrogen and oxygen atoms in total. The first-order valence-electron chi connectivity index (χ1n) is 6.07. The van der Waals surface area contributed by atoms with Gasteiger partial charge in [0.15, 0.2) is 0 Å².